The van der Waals surface area contributed by atoms with Gasteiger partial charge < -0.3 is 42.8 Å². The summed E-state index contributed by atoms with van der Waals surface area (Å²) in [5, 5.41) is 21.6. The molecule has 218 valence electrons. The molecule has 1 aromatic heterocycles. The number of fused-ring (bicyclic) bond motifs is 1. The summed E-state index contributed by atoms with van der Waals surface area (Å²) < 4.78 is 0. The molecule has 0 spiro atoms. The summed E-state index contributed by atoms with van der Waals surface area (Å²) in [6, 6.07) is 3.54. The Bertz CT molecular complexity index is 1190. The van der Waals surface area contributed by atoms with Crippen LogP contribution in [-0.2, 0) is 30.4 Å². The molecular formula is C27H39N7O6. The van der Waals surface area contributed by atoms with E-state index in [1.165, 1.54) is 0 Å². The summed E-state index contributed by atoms with van der Waals surface area (Å²) in [7, 11) is 0. The fourth-order valence-electron chi connectivity index (χ4n) is 4.76. The number of para-hydroxylation sites is 1. The Labute approximate surface area is 232 Å². The molecule has 2 heterocycles. The number of primary amides is 1. The fourth-order valence-corrected chi connectivity index (χ4v) is 4.76. The van der Waals surface area contributed by atoms with Crippen LogP contribution in [0, 0.1) is 0 Å². The zero-order valence-electron chi connectivity index (χ0n) is 22.4. The molecule has 10 N–H and O–H groups in total. The van der Waals surface area contributed by atoms with Gasteiger partial charge in [-0.1, -0.05) is 18.2 Å². The monoisotopic (exact) mass is 557 g/mol. The predicted octanol–water partition coefficient (Wildman–Crippen LogP) is -0.604. The number of unbranched alkanes of at least 4 members (excludes halogenated alkanes) is 1. The van der Waals surface area contributed by atoms with Gasteiger partial charge in [-0.3, -0.25) is 19.2 Å². The van der Waals surface area contributed by atoms with E-state index >= 15 is 0 Å². The predicted molar refractivity (Wildman–Crippen MR) is 148 cm³/mol. The lowest BCUT2D eigenvalue weighted by atomic mass is 10.0. The van der Waals surface area contributed by atoms with E-state index in [9.17, 15) is 29.1 Å². The van der Waals surface area contributed by atoms with Crippen LogP contribution < -0.4 is 32.7 Å². The Hall–Kier alpha value is -3.97. The Kier molecular flexibility index (Phi) is 11.5. The summed E-state index contributed by atoms with van der Waals surface area (Å²) in [5.41, 5.74) is 12.4. The first-order valence-electron chi connectivity index (χ1n) is 13.6. The van der Waals surface area contributed by atoms with Gasteiger partial charge in [-0.2, -0.15) is 0 Å². The first-order valence-corrected chi connectivity index (χ1v) is 13.6. The van der Waals surface area contributed by atoms with Crippen molar-refractivity contribution >= 4 is 40.5 Å². The molecule has 4 amide bonds. The smallest absolute Gasteiger partial charge is 0.326 e. The molecule has 0 aliphatic carbocycles. The maximum absolute atomic E-state index is 13.3. The normalized spacial score (nSPS) is 17.1. The number of aromatic amines is 1. The van der Waals surface area contributed by atoms with Crippen LogP contribution in [0.4, 0.5) is 0 Å². The Morgan fingerprint density at radius 1 is 0.975 bits per heavy atom. The molecule has 40 heavy (non-hydrogen) atoms. The van der Waals surface area contributed by atoms with E-state index in [0.29, 0.717) is 32.4 Å². The SMILES string of the molecule is NCCCCC(NC(=O)C(CCC(N)=O)NC(=O)C1CCCN1)C(=O)NC(Cc1c[nH]c2ccccc12)C(=O)O. The topological polar surface area (TPSA) is 222 Å². The quantitative estimate of drug-likeness (QED) is 0.124. The van der Waals surface area contributed by atoms with Crippen molar-refractivity contribution in [3.8, 4) is 0 Å². The molecule has 0 radical (unpaired) electrons. The van der Waals surface area contributed by atoms with Gasteiger partial charge >= 0.3 is 5.97 Å². The number of carbonyl (C=O) groups excluding carboxylic acids is 4. The van der Waals surface area contributed by atoms with Gasteiger partial charge in [0.2, 0.25) is 23.6 Å². The maximum atomic E-state index is 13.3. The lowest BCUT2D eigenvalue weighted by Gasteiger charge is -2.25. The second-order valence-electron chi connectivity index (χ2n) is 10.0. The van der Waals surface area contributed by atoms with Crippen LogP contribution in [0.3, 0.4) is 0 Å². The molecule has 13 nitrogen and oxygen atoms in total. The number of hydrogen-bond acceptors (Lipinski definition) is 7. The maximum Gasteiger partial charge on any atom is 0.326 e. The van der Waals surface area contributed by atoms with Crippen LogP contribution in [0.2, 0.25) is 0 Å². The van der Waals surface area contributed by atoms with E-state index < -0.39 is 47.9 Å². The third-order valence-corrected chi connectivity index (χ3v) is 6.98. The number of H-pyrrole nitrogens is 1. The van der Waals surface area contributed by atoms with Crippen LogP contribution in [-0.4, -0.2) is 76.9 Å². The van der Waals surface area contributed by atoms with Crippen LogP contribution in [0.1, 0.15) is 50.5 Å². The Morgan fingerprint density at radius 3 is 2.33 bits per heavy atom. The van der Waals surface area contributed by atoms with Crippen molar-refractivity contribution in [1.82, 2.24) is 26.3 Å². The van der Waals surface area contributed by atoms with Crippen molar-refractivity contribution in [3.63, 3.8) is 0 Å². The average Bonchev–Trinajstić information content (AvgIpc) is 3.60. The molecule has 3 rings (SSSR count). The van der Waals surface area contributed by atoms with Gasteiger partial charge in [0.05, 0.1) is 6.04 Å². The van der Waals surface area contributed by atoms with E-state index in [4.69, 9.17) is 11.5 Å². The van der Waals surface area contributed by atoms with Gasteiger partial charge in [-0.25, -0.2) is 4.79 Å². The highest BCUT2D eigenvalue weighted by atomic mass is 16.4. The fraction of sp³-hybridized carbons (Fsp3) is 0.519. The Balaban J connectivity index is 1.72. The van der Waals surface area contributed by atoms with E-state index in [2.05, 4.69) is 26.3 Å². The first-order chi connectivity index (χ1) is 19.2. The number of amides is 4. The first kappa shape index (κ1) is 30.6. The molecule has 13 heteroatoms. The minimum absolute atomic E-state index is 0.0280. The van der Waals surface area contributed by atoms with E-state index in [1.807, 2.05) is 24.3 Å². The Morgan fingerprint density at radius 2 is 1.68 bits per heavy atom. The highest BCUT2D eigenvalue weighted by Gasteiger charge is 2.31. The number of rotatable bonds is 16. The number of carbonyl (C=O) groups is 5. The summed E-state index contributed by atoms with van der Waals surface area (Å²) in [4.78, 5) is 65.8. The van der Waals surface area contributed by atoms with Crippen molar-refractivity contribution < 1.29 is 29.1 Å². The standard InChI is InChI=1S/C27H39N7O6/c28-12-4-3-8-20(32-26(38)21(10-11-23(29)35)33-24(36)19-9-5-13-30-19)25(37)34-22(27(39)40)14-16-15-31-18-7-2-1-6-17(16)18/h1-2,6-7,15,19-22,30-31H,3-5,8-14,28H2,(H2,29,35)(H,32,38)(H,33,36)(H,34,37)(H,39,40). The number of benzene rings is 1. The van der Waals surface area contributed by atoms with Gasteiger partial charge in [0.25, 0.3) is 0 Å². The molecular weight excluding hydrogens is 518 g/mol. The molecule has 4 atom stereocenters. The highest BCUT2D eigenvalue weighted by Crippen LogP contribution is 2.19. The lowest BCUT2D eigenvalue weighted by Crippen LogP contribution is -2.57. The number of hydrogen-bond donors (Lipinski definition) is 8. The molecule has 1 aromatic carbocycles. The highest BCUT2D eigenvalue weighted by molar-refractivity contribution is 5.94. The van der Waals surface area contributed by atoms with Crippen molar-refractivity contribution in [3.05, 3.63) is 36.0 Å². The van der Waals surface area contributed by atoms with Crippen LogP contribution in [0.5, 0.6) is 0 Å². The number of nitrogens with two attached hydrogens (primary N) is 2. The number of aliphatic carboxylic acids is 1. The zero-order valence-corrected chi connectivity index (χ0v) is 22.4. The minimum Gasteiger partial charge on any atom is -0.480 e. The molecule has 0 bridgehead atoms. The second kappa shape index (κ2) is 15.0. The van der Waals surface area contributed by atoms with E-state index in [0.717, 1.165) is 22.9 Å². The number of carboxylic acids is 1. The van der Waals surface area contributed by atoms with Gasteiger partial charge in [-0.05, 0) is 63.2 Å². The summed E-state index contributed by atoms with van der Waals surface area (Å²) >= 11 is 0. The van der Waals surface area contributed by atoms with Crippen molar-refractivity contribution in [1.29, 1.82) is 0 Å². The van der Waals surface area contributed by atoms with Crippen LogP contribution in [0.15, 0.2) is 30.5 Å². The largest absolute Gasteiger partial charge is 0.480 e. The zero-order chi connectivity index (χ0) is 29.1. The van der Waals surface area contributed by atoms with Crippen LogP contribution >= 0.6 is 0 Å². The number of nitrogens with one attached hydrogen (secondary N) is 5. The summed E-state index contributed by atoms with van der Waals surface area (Å²) in [6.07, 6.45) is 4.27. The van der Waals surface area contributed by atoms with Crippen molar-refractivity contribution in [2.24, 2.45) is 11.5 Å². The minimum atomic E-state index is -1.25. The van der Waals surface area contributed by atoms with Gasteiger partial charge in [-0.15, -0.1) is 0 Å². The van der Waals surface area contributed by atoms with Crippen molar-refractivity contribution in [2.75, 3.05) is 13.1 Å². The van der Waals surface area contributed by atoms with Gasteiger partial charge in [0.15, 0.2) is 0 Å². The molecule has 2 aromatic rings. The molecule has 1 fully saturated rings. The molecule has 1 saturated heterocycles. The molecule has 1 aliphatic rings. The molecule has 0 saturated carbocycles. The van der Waals surface area contributed by atoms with E-state index in [-0.39, 0.29) is 31.6 Å². The summed E-state index contributed by atoms with van der Waals surface area (Å²) in [6.45, 7) is 1.06. The van der Waals surface area contributed by atoms with Gasteiger partial charge in [0, 0.05) is 29.9 Å². The lowest BCUT2D eigenvalue weighted by molar-refractivity contribution is -0.142. The molecule has 4 unspecified atom stereocenters. The number of carboxylic acid groups (broad SMARTS) is 1. The summed E-state index contributed by atoms with van der Waals surface area (Å²) in [5.74, 6) is -3.57. The number of aromatic nitrogens is 1. The van der Waals surface area contributed by atoms with Crippen molar-refractivity contribution in [2.45, 2.75) is 75.5 Å². The average molecular weight is 558 g/mol. The third-order valence-electron chi connectivity index (χ3n) is 6.98. The molecule has 1 aliphatic heterocycles. The van der Waals surface area contributed by atoms with Crippen LogP contribution in [0.25, 0.3) is 10.9 Å². The third kappa shape index (κ3) is 8.78. The second-order valence-corrected chi connectivity index (χ2v) is 10.0. The van der Waals surface area contributed by atoms with E-state index in [1.54, 1.807) is 6.20 Å². The van der Waals surface area contributed by atoms with Gasteiger partial charge in [0.1, 0.15) is 18.1 Å².